The lowest BCUT2D eigenvalue weighted by Gasteiger charge is -2.24. The third-order valence-corrected chi connectivity index (χ3v) is 1.51. The Morgan fingerprint density at radius 1 is 0.842 bits per heavy atom. The molecule has 10 nitrogen and oxygen atoms in total. The van der Waals surface area contributed by atoms with Crippen molar-refractivity contribution in [1.29, 1.82) is 0 Å². The van der Waals surface area contributed by atoms with Gasteiger partial charge in [-0.3, -0.25) is 4.79 Å². The summed E-state index contributed by atoms with van der Waals surface area (Å²) in [6.45, 7) is -1.12. The maximum Gasteiger partial charge on any atom is 0.300 e. The largest absolute Gasteiger partial charge is 0.481 e. The lowest BCUT2D eigenvalue weighted by atomic mass is 10.0. The van der Waals surface area contributed by atoms with Gasteiger partial charge in [0.05, 0.1) is 13.2 Å². The number of rotatable bonds is 5. The Morgan fingerprint density at radius 2 is 1.00 bits per heavy atom. The van der Waals surface area contributed by atoms with E-state index in [1.54, 1.807) is 0 Å². The Labute approximate surface area is 109 Å². The number of carboxylic acids is 1. The first-order chi connectivity index (χ1) is 8.69. The van der Waals surface area contributed by atoms with Crippen molar-refractivity contribution in [3.05, 3.63) is 0 Å². The van der Waals surface area contributed by atoms with Crippen LogP contribution in [0.3, 0.4) is 0 Å². The number of hydrogen-bond acceptors (Lipinski definition) is 9. The lowest BCUT2D eigenvalue weighted by molar-refractivity contribution is -0.134. The highest BCUT2D eigenvalue weighted by Gasteiger charge is 2.29. The molecule has 0 saturated carbocycles. The van der Waals surface area contributed by atoms with Crippen molar-refractivity contribution in [2.75, 3.05) is 20.0 Å². The zero-order valence-electron chi connectivity index (χ0n) is 10.4. The molecule has 118 valence electrons. The third kappa shape index (κ3) is 17.1. The molecule has 0 heterocycles. The average Bonchev–Trinajstić information content (AvgIpc) is 2.35. The molecule has 0 amide bonds. The van der Waals surface area contributed by atoms with Crippen molar-refractivity contribution in [1.82, 2.24) is 0 Å². The fourth-order valence-electron chi connectivity index (χ4n) is 0.671. The molecule has 0 aliphatic carbocycles. The Balaban J connectivity index is -0.000000303. The maximum atomic E-state index is 9.00. The number of carboxylic acid groups (broad SMARTS) is 1. The van der Waals surface area contributed by atoms with E-state index in [0.717, 1.165) is 6.92 Å². The van der Waals surface area contributed by atoms with Gasteiger partial charge in [-0.25, -0.2) is 0 Å². The molecule has 4 atom stereocenters. The molecule has 0 saturated heterocycles. The Morgan fingerprint density at radius 3 is 1.11 bits per heavy atom. The zero-order valence-corrected chi connectivity index (χ0v) is 10.4. The fraction of sp³-hybridized carbons (Fsp3) is 0.889. The average molecular weight is 290 g/mol. The summed E-state index contributed by atoms with van der Waals surface area (Å²) in [6, 6.07) is 0. The highest BCUT2D eigenvalue weighted by Crippen LogP contribution is 2.03. The van der Waals surface area contributed by atoms with Crippen LogP contribution in [0, 0.1) is 0 Å². The second-order valence-corrected chi connectivity index (χ2v) is 3.14. The Bertz CT molecular complexity index is 181. The van der Waals surface area contributed by atoms with E-state index < -0.39 is 50.4 Å². The molecule has 0 radical (unpaired) electrons. The van der Waals surface area contributed by atoms with Crippen LogP contribution in [-0.2, 0) is 4.79 Å². The first-order valence-corrected chi connectivity index (χ1v) is 5.04. The van der Waals surface area contributed by atoms with Crippen LogP contribution in [0.25, 0.3) is 0 Å². The van der Waals surface area contributed by atoms with Crippen LogP contribution in [0.2, 0.25) is 0 Å². The minimum Gasteiger partial charge on any atom is -0.481 e. The minimum absolute atomic E-state index is 0.726. The molecule has 0 aliphatic heterocycles. The fourth-order valence-corrected chi connectivity index (χ4v) is 0.671. The van der Waals surface area contributed by atoms with Crippen LogP contribution in [0.1, 0.15) is 6.92 Å². The summed E-state index contributed by atoms with van der Waals surface area (Å²) in [5, 5.41) is 73.8. The molecule has 0 rings (SSSR count). The molecule has 9 N–H and O–H groups in total. The van der Waals surface area contributed by atoms with E-state index in [0.29, 0.717) is 0 Å². The highest BCUT2D eigenvalue weighted by atomic mass is 16.5. The third-order valence-electron chi connectivity index (χ3n) is 1.51. The first-order valence-electron chi connectivity index (χ1n) is 5.04. The van der Waals surface area contributed by atoms with Gasteiger partial charge in [-0.2, -0.15) is 0 Å². The van der Waals surface area contributed by atoms with Crippen molar-refractivity contribution in [2.45, 2.75) is 31.3 Å². The van der Waals surface area contributed by atoms with Crippen LogP contribution in [0.15, 0.2) is 0 Å². The predicted molar refractivity (Wildman–Crippen MR) is 60.8 cm³/mol. The number of aliphatic hydroxyl groups excluding tert-OH is 7. The Hall–Kier alpha value is -0.850. The van der Waals surface area contributed by atoms with E-state index in [1.807, 2.05) is 0 Å². The molecule has 0 bridgehead atoms. The molecule has 4 unspecified atom stereocenters. The zero-order chi connectivity index (χ0) is 16.0. The highest BCUT2D eigenvalue weighted by molar-refractivity contribution is 5.62. The number of carbonyl (C=O) groups is 1. The van der Waals surface area contributed by atoms with Crippen LogP contribution in [0.5, 0.6) is 0 Å². The summed E-state index contributed by atoms with van der Waals surface area (Å²) < 4.78 is 0. The normalized spacial score (nSPS) is 15.8. The van der Waals surface area contributed by atoms with Crippen molar-refractivity contribution >= 4 is 5.97 Å². The quantitative estimate of drug-likeness (QED) is 0.222. The van der Waals surface area contributed by atoms with Crippen LogP contribution >= 0.6 is 0 Å². The number of hydrogen-bond donors (Lipinski definition) is 9. The number of aliphatic carboxylic acids is 1. The molecule has 0 aliphatic rings. The van der Waals surface area contributed by atoms with E-state index in [9.17, 15) is 0 Å². The maximum absolute atomic E-state index is 9.00. The molecule has 19 heavy (non-hydrogen) atoms. The second kappa shape index (κ2) is 15.2. The number of aliphatic hydroxyl groups is 8. The van der Waals surface area contributed by atoms with Crippen LogP contribution < -0.4 is 0 Å². The van der Waals surface area contributed by atoms with E-state index in [-0.39, 0.29) is 0 Å². The van der Waals surface area contributed by atoms with Crippen molar-refractivity contribution in [2.24, 2.45) is 0 Å². The molecule has 0 aromatic carbocycles. The predicted octanol–water partition coefficient (Wildman–Crippen LogP) is -4.57. The van der Waals surface area contributed by atoms with Gasteiger partial charge in [-0.05, 0) is 0 Å². The van der Waals surface area contributed by atoms with E-state index in [1.165, 1.54) is 0 Å². The molecule has 0 fully saturated rings. The summed E-state index contributed by atoms with van der Waals surface area (Å²) in [5.41, 5.74) is 0. The summed E-state index contributed by atoms with van der Waals surface area (Å²) in [7, 11) is 0. The van der Waals surface area contributed by atoms with Crippen LogP contribution in [0.4, 0.5) is 0 Å². The van der Waals surface area contributed by atoms with Gasteiger partial charge in [0.1, 0.15) is 31.2 Å². The molecular formula is C9H22O10. The standard InChI is InChI=1S/C6H14O6.C2H4O2.CH4O2/c7-1-3(9)5(11)6(12)4(10)2-8;1-2(3)4;2-1-3/h3-12H,1-2H2;1H3,(H,3,4);2-3H,1H2. The lowest BCUT2D eigenvalue weighted by Crippen LogP contribution is -2.46. The monoisotopic (exact) mass is 290 g/mol. The van der Waals surface area contributed by atoms with Gasteiger partial charge in [0.15, 0.2) is 0 Å². The van der Waals surface area contributed by atoms with Gasteiger partial charge < -0.3 is 46.0 Å². The van der Waals surface area contributed by atoms with Gasteiger partial charge in [-0.1, -0.05) is 0 Å². The van der Waals surface area contributed by atoms with Gasteiger partial charge in [0.2, 0.25) is 0 Å². The molecule has 0 aromatic heterocycles. The topological polar surface area (TPSA) is 199 Å². The second-order valence-electron chi connectivity index (χ2n) is 3.14. The van der Waals surface area contributed by atoms with E-state index >= 15 is 0 Å². The van der Waals surface area contributed by atoms with Crippen LogP contribution in [-0.4, -0.2) is 96.4 Å². The minimum atomic E-state index is -1.67. The summed E-state index contributed by atoms with van der Waals surface area (Å²) in [4.78, 5) is 9.00. The molecule has 0 spiro atoms. The molecule has 0 aromatic rings. The van der Waals surface area contributed by atoms with Crippen molar-refractivity contribution in [3.63, 3.8) is 0 Å². The van der Waals surface area contributed by atoms with Crippen molar-refractivity contribution < 1.29 is 50.8 Å². The van der Waals surface area contributed by atoms with Gasteiger partial charge in [-0.15, -0.1) is 0 Å². The first kappa shape index (κ1) is 23.3. The van der Waals surface area contributed by atoms with Crippen molar-refractivity contribution in [3.8, 4) is 0 Å². The summed E-state index contributed by atoms with van der Waals surface area (Å²) in [6.07, 6.45) is -6.39. The van der Waals surface area contributed by atoms with E-state index in [4.69, 9.17) is 50.8 Å². The Kier molecular flexibility index (Phi) is 18.6. The van der Waals surface area contributed by atoms with Gasteiger partial charge in [0.25, 0.3) is 5.97 Å². The SMILES string of the molecule is CC(=O)O.OCC(O)C(O)C(O)C(O)CO.OCO. The summed E-state index contributed by atoms with van der Waals surface area (Å²) in [5.74, 6) is -0.833. The smallest absolute Gasteiger partial charge is 0.300 e. The van der Waals surface area contributed by atoms with Gasteiger partial charge >= 0.3 is 0 Å². The summed E-state index contributed by atoms with van der Waals surface area (Å²) >= 11 is 0. The van der Waals surface area contributed by atoms with E-state index in [2.05, 4.69) is 0 Å². The van der Waals surface area contributed by atoms with Gasteiger partial charge in [0, 0.05) is 6.92 Å². The molecular weight excluding hydrogens is 268 g/mol. The molecule has 10 heteroatoms.